The first-order chi connectivity index (χ1) is 11.1. The van der Waals surface area contributed by atoms with Crippen LogP contribution in [0.4, 0.5) is 0 Å². The molecule has 2 aliphatic rings. The zero-order valence-electron chi connectivity index (χ0n) is 13.9. The Hall–Kier alpha value is -1.48. The summed E-state index contributed by atoms with van der Waals surface area (Å²) in [5, 5.41) is 3.14. The summed E-state index contributed by atoms with van der Waals surface area (Å²) in [6.45, 7) is 0. The van der Waals surface area contributed by atoms with E-state index in [4.69, 9.17) is 4.74 Å². The second-order valence-corrected chi connectivity index (χ2v) is 19.5. The molecule has 1 nitrogen and oxygen atoms in total. The second kappa shape index (κ2) is 4.53. The summed E-state index contributed by atoms with van der Waals surface area (Å²) in [6, 6.07) is 16.1. The van der Waals surface area contributed by atoms with Crippen molar-refractivity contribution in [3.63, 3.8) is 0 Å². The Morgan fingerprint density at radius 2 is 1.57 bits per heavy atom. The van der Waals surface area contributed by atoms with Gasteiger partial charge in [0.05, 0.1) is 0 Å². The number of ether oxygens (including phenoxy) is 1. The molecule has 0 aromatic heterocycles. The van der Waals surface area contributed by atoms with E-state index in [2.05, 4.69) is 52.3 Å². The first-order valence-electron chi connectivity index (χ1n) is 8.38. The number of methoxy groups -OCH3 is 1. The van der Waals surface area contributed by atoms with Crippen molar-refractivity contribution in [3.05, 3.63) is 53.6 Å². The van der Waals surface area contributed by atoms with Gasteiger partial charge in [-0.3, -0.25) is 0 Å². The molecule has 0 amide bonds. The first-order valence-corrected chi connectivity index (χ1v) is 16.9. The molecule has 1 heterocycles. The molecule has 2 heteroatoms. The summed E-state index contributed by atoms with van der Waals surface area (Å²) in [5.41, 5.74) is 5.95. The quantitative estimate of drug-likeness (QED) is 0.559. The number of aryl methyl sites for hydroxylation is 2. The van der Waals surface area contributed by atoms with Crippen molar-refractivity contribution in [2.24, 2.45) is 0 Å². The molecule has 3 aromatic carbocycles. The van der Waals surface area contributed by atoms with Gasteiger partial charge in [-0.05, 0) is 0 Å². The molecule has 5 rings (SSSR count). The average Bonchev–Trinajstić information content (AvgIpc) is 2.99. The van der Waals surface area contributed by atoms with Gasteiger partial charge in [-0.1, -0.05) is 0 Å². The molecular weight excluding hydrogens is 387 g/mol. The van der Waals surface area contributed by atoms with E-state index in [-0.39, 0.29) is 0 Å². The Balaban J connectivity index is 2.03. The van der Waals surface area contributed by atoms with E-state index in [1.54, 1.807) is 25.5 Å². The van der Waals surface area contributed by atoms with Gasteiger partial charge in [0.2, 0.25) is 0 Å². The zero-order chi connectivity index (χ0) is 15.8. The van der Waals surface area contributed by atoms with Crippen molar-refractivity contribution in [1.29, 1.82) is 0 Å². The van der Waals surface area contributed by atoms with Crippen LogP contribution in [-0.4, -0.2) is 25.5 Å². The molecule has 0 N–H and O–H groups in total. The van der Waals surface area contributed by atoms with E-state index in [0.717, 1.165) is 5.75 Å². The molecule has 0 atom stereocenters. The van der Waals surface area contributed by atoms with Gasteiger partial charge in [0.25, 0.3) is 0 Å². The van der Waals surface area contributed by atoms with E-state index in [0.29, 0.717) is 0 Å². The van der Waals surface area contributed by atoms with Crippen molar-refractivity contribution in [1.82, 2.24) is 0 Å². The molecule has 3 aromatic rings. The fourth-order valence-electron chi connectivity index (χ4n) is 4.78. The van der Waals surface area contributed by atoms with Crippen LogP contribution >= 0.6 is 0 Å². The molecule has 114 valence electrons. The Bertz CT molecular complexity index is 975. The average molecular weight is 407 g/mol. The summed E-state index contributed by atoms with van der Waals surface area (Å²) in [6.07, 6.45) is 2.41. The third-order valence-corrected chi connectivity index (χ3v) is 15.9. The van der Waals surface area contributed by atoms with E-state index >= 15 is 0 Å². The van der Waals surface area contributed by atoms with Gasteiger partial charge in [0.15, 0.2) is 0 Å². The Morgan fingerprint density at radius 1 is 0.826 bits per heavy atom. The second-order valence-electron chi connectivity index (χ2n) is 7.30. The maximum absolute atomic E-state index is 5.77. The minimum absolute atomic E-state index is 1.09. The van der Waals surface area contributed by atoms with Gasteiger partial charge in [-0.25, -0.2) is 0 Å². The molecule has 0 saturated heterocycles. The van der Waals surface area contributed by atoms with Crippen LogP contribution < -0.4 is 11.9 Å². The van der Waals surface area contributed by atoms with Gasteiger partial charge in [0.1, 0.15) is 0 Å². The monoisotopic (exact) mass is 408 g/mol. The normalized spacial score (nSPS) is 16.5. The van der Waals surface area contributed by atoms with Crippen LogP contribution in [0, 0.1) is 0 Å². The van der Waals surface area contributed by atoms with Crippen LogP contribution in [0.2, 0.25) is 9.88 Å². The number of benzene rings is 3. The number of rotatable bonds is 1. The topological polar surface area (TPSA) is 9.23 Å². The summed E-state index contributed by atoms with van der Waals surface area (Å²) in [5.74, 6) is 1.09. The molecule has 0 fully saturated rings. The number of fused-ring (bicyclic) bond motifs is 2. The molecule has 1 aliphatic carbocycles. The van der Waals surface area contributed by atoms with Crippen molar-refractivity contribution < 1.29 is 4.74 Å². The van der Waals surface area contributed by atoms with Crippen molar-refractivity contribution in [3.8, 4) is 16.9 Å². The standard InChI is InChI=1S/C19H14O.2CH3.Sn/c1-20-16-6-2-5-15(12-16)17-11-10-14-9-8-13-4-3-7-18(17)19(13)14;;;/h2-6,10-11H,8-9H2,1H3;2*1H3;. The molecule has 23 heavy (non-hydrogen) atoms. The van der Waals surface area contributed by atoms with Crippen molar-refractivity contribution >= 4 is 36.3 Å². The molecule has 0 saturated carbocycles. The molecular formula is C21H20OSn. The number of hydrogen-bond acceptors (Lipinski definition) is 1. The summed E-state index contributed by atoms with van der Waals surface area (Å²) < 4.78 is 8.94. The number of hydrogen-bond donors (Lipinski definition) is 0. The molecule has 0 radical (unpaired) electrons. The minimum atomic E-state index is -2.65. The van der Waals surface area contributed by atoms with Crippen LogP contribution in [0.1, 0.15) is 11.1 Å². The van der Waals surface area contributed by atoms with Crippen molar-refractivity contribution in [2.45, 2.75) is 22.7 Å². The summed E-state index contributed by atoms with van der Waals surface area (Å²) in [4.78, 5) is 5.08. The SMILES string of the molecule is COc1cccc2[c]1[Sn]([CH3])([CH3])[c]1ccc3c4c(ccc-2c14)CC3. The van der Waals surface area contributed by atoms with Crippen molar-refractivity contribution in [2.75, 3.05) is 7.11 Å². The predicted octanol–water partition coefficient (Wildman–Crippen LogP) is 3.75. The first kappa shape index (κ1) is 13.9. The fraction of sp³-hybridized carbons (Fsp3) is 0.238. The third kappa shape index (κ3) is 1.64. The third-order valence-electron chi connectivity index (χ3n) is 5.83. The predicted molar refractivity (Wildman–Crippen MR) is 100 cm³/mol. The van der Waals surface area contributed by atoms with E-state index in [1.165, 1.54) is 27.5 Å². The van der Waals surface area contributed by atoms with Gasteiger partial charge in [-0.2, -0.15) is 0 Å². The Labute approximate surface area is 141 Å². The molecule has 0 unspecified atom stereocenters. The summed E-state index contributed by atoms with van der Waals surface area (Å²) in [7, 11) is 1.81. The van der Waals surface area contributed by atoms with E-state index in [1.807, 2.05) is 7.11 Å². The van der Waals surface area contributed by atoms with Crippen LogP contribution in [-0.2, 0) is 12.8 Å². The van der Waals surface area contributed by atoms with Crippen LogP contribution in [0.25, 0.3) is 21.9 Å². The van der Waals surface area contributed by atoms with Gasteiger partial charge in [-0.15, -0.1) is 0 Å². The maximum atomic E-state index is 5.77. The van der Waals surface area contributed by atoms with Crippen LogP contribution in [0.15, 0.2) is 42.5 Å². The summed E-state index contributed by atoms with van der Waals surface area (Å²) >= 11 is -2.65. The van der Waals surface area contributed by atoms with E-state index in [9.17, 15) is 0 Å². The van der Waals surface area contributed by atoms with Gasteiger partial charge >= 0.3 is 141 Å². The van der Waals surface area contributed by atoms with Crippen LogP contribution in [0.3, 0.4) is 0 Å². The fourth-order valence-corrected chi connectivity index (χ4v) is 14.3. The zero-order valence-corrected chi connectivity index (χ0v) is 16.7. The molecule has 1 aliphatic heterocycles. The van der Waals surface area contributed by atoms with E-state index < -0.39 is 18.4 Å². The van der Waals surface area contributed by atoms with Crippen LogP contribution in [0.5, 0.6) is 5.75 Å². The molecule has 0 spiro atoms. The molecule has 0 bridgehead atoms. The Kier molecular flexibility index (Phi) is 2.74. The van der Waals surface area contributed by atoms with Gasteiger partial charge < -0.3 is 0 Å². The Morgan fingerprint density at radius 3 is 2.30 bits per heavy atom. The van der Waals surface area contributed by atoms with Gasteiger partial charge in [0, 0.05) is 0 Å².